The number of methoxy groups -OCH3 is 1. The number of hydrogen-bond donors (Lipinski definition) is 2. The predicted octanol–water partition coefficient (Wildman–Crippen LogP) is 3.44. The average Bonchev–Trinajstić information content (AvgIpc) is 3.35. The maximum atomic E-state index is 13.0. The second-order valence-corrected chi connectivity index (χ2v) is 9.37. The van der Waals surface area contributed by atoms with Crippen molar-refractivity contribution in [2.24, 2.45) is 0 Å². The number of rotatable bonds is 7. The van der Waals surface area contributed by atoms with Crippen molar-refractivity contribution >= 4 is 37.9 Å². The van der Waals surface area contributed by atoms with Gasteiger partial charge in [-0.15, -0.1) is 11.3 Å². The number of ether oxygens (including phenoxy) is 1. The highest BCUT2D eigenvalue weighted by atomic mass is 32.2. The molecule has 2 aromatic carbocycles. The van der Waals surface area contributed by atoms with Crippen LogP contribution >= 0.6 is 11.3 Å². The van der Waals surface area contributed by atoms with E-state index in [1.165, 1.54) is 36.6 Å². The highest BCUT2D eigenvalue weighted by molar-refractivity contribution is 7.92. The normalized spacial score (nSPS) is 11.4. The second kappa shape index (κ2) is 8.40. The van der Waals surface area contributed by atoms with E-state index in [2.05, 4.69) is 15.0 Å². The summed E-state index contributed by atoms with van der Waals surface area (Å²) in [6.45, 7) is 2.14. The quantitative estimate of drug-likeness (QED) is 0.444. The van der Waals surface area contributed by atoms with Crippen LogP contribution in [-0.4, -0.2) is 30.8 Å². The van der Waals surface area contributed by atoms with Gasteiger partial charge in [0.15, 0.2) is 4.96 Å². The molecule has 1 amide bonds. The number of carbonyl (C=O) groups is 1. The minimum absolute atomic E-state index is 0.120. The molecule has 0 fully saturated rings. The largest absolute Gasteiger partial charge is 0.495 e. The summed E-state index contributed by atoms with van der Waals surface area (Å²) in [6, 6.07) is 11.2. The van der Waals surface area contributed by atoms with E-state index in [-0.39, 0.29) is 22.8 Å². The van der Waals surface area contributed by atoms with Crippen LogP contribution in [0.25, 0.3) is 4.96 Å². The predicted molar refractivity (Wildman–Crippen MR) is 119 cm³/mol. The first-order chi connectivity index (χ1) is 14.9. The summed E-state index contributed by atoms with van der Waals surface area (Å²) in [7, 11) is -2.59. The van der Waals surface area contributed by atoms with Crippen LogP contribution in [0.5, 0.6) is 5.75 Å². The third kappa shape index (κ3) is 4.54. The molecule has 0 atom stereocenters. The molecule has 2 heterocycles. The first-order valence-electron chi connectivity index (χ1n) is 9.32. The van der Waals surface area contributed by atoms with Crippen molar-refractivity contribution in [3.8, 4) is 5.75 Å². The van der Waals surface area contributed by atoms with E-state index < -0.39 is 15.9 Å². The number of carbonyl (C=O) groups excluding carboxylic acids is 1. The fraction of sp³-hybridized carbons (Fsp3) is 0.143. The summed E-state index contributed by atoms with van der Waals surface area (Å²) in [6.07, 6.45) is 3.72. The van der Waals surface area contributed by atoms with Gasteiger partial charge in [-0.1, -0.05) is 17.7 Å². The molecule has 10 heteroatoms. The summed E-state index contributed by atoms with van der Waals surface area (Å²) >= 11 is 1.50. The molecule has 4 rings (SSSR count). The third-order valence-electron chi connectivity index (χ3n) is 4.59. The lowest BCUT2D eigenvalue weighted by Crippen LogP contribution is -2.23. The number of amides is 1. The molecule has 0 aliphatic carbocycles. The minimum atomic E-state index is -3.97. The van der Waals surface area contributed by atoms with Crippen molar-refractivity contribution in [1.29, 1.82) is 0 Å². The molecule has 0 aliphatic heterocycles. The average molecular weight is 457 g/mol. The van der Waals surface area contributed by atoms with E-state index in [9.17, 15) is 13.2 Å². The van der Waals surface area contributed by atoms with Gasteiger partial charge >= 0.3 is 0 Å². The lowest BCUT2D eigenvalue weighted by molar-refractivity contribution is 0.0950. The van der Waals surface area contributed by atoms with Crippen LogP contribution < -0.4 is 14.8 Å². The van der Waals surface area contributed by atoms with Crippen molar-refractivity contribution < 1.29 is 17.9 Å². The van der Waals surface area contributed by atoms with Gasteiger partial charge < -0.3 is 10.1 Å². The molecule has 2 N–H and O–H groups in total. The van der Waals surface area contributed by atoms with E-state index >= 15 is 0 Å². The van der Waals surface area contributed by atoms with Crippen LogP contribution in [0.1, 0.15) is 21.6 Å². The molecule has 4 aromatic rings. The van der Waals surface area contributed by atoms with Gasteiger partial charge in [-0.05, 0) is 37.3 Å². The monoisotopic (exact) mass is 456 g/mol. The maximum absolute atomic E-state index is 13.0. The SMILES string of the molecule is COc1ccc(C(=O)NCc2cn3ccsc3n2)cc1S(=O)(=O)Nc1ccc(C)cc1. The summed E-state index contributed by atoms with van der Waals surface area (Å²) in [5.41, 5.74) is 2.34. The van der Waals surface area contributed by atoms with Gasteiger partial charge in [0.25, 0.3) is 15.9 Å². The zero-order chi connectivity index (χ0) is 22.0. The van der Waals surface area contributed by atoms with Crippen LogP contribution in [0.3, 0.4) is 0 Å². The highest BCUT2D eigenvalue weighted by Crippen LogP contribution is 2.27. The maximum Gasteiger partial charge on any atom is 0.265 e. The number of imidazole rings is 1. The molecule has 2 aromatic heterocycles. The van der Waals surface area contributed by atoms with E-state index in [4.69, 9.17) is 4.74 Å². The molecular formula is C21H20N4O4S2. The van der Waals surface area contributed by atoms with Gasteiger partial charge in [0.05, 0.1) is 19.3 Å². The Kier molecular flexibility index (Phi) is 5.66. The molecule has 0 unspecified atom stereocenters. The third-order valence-corrected chi connectivity index (χ3v) is 6.77. The van der Waals surface area contributed by atoms with Gasteiger partial charge in [-0.2, -0.15) is 0 Å². The Bertz CT molecular complexity index is 1310. The first-order valence-corrected chi connectivity index (χ1v) is 11.7. The zero-order valence-electron chi connectivity index (χ0n) is 16.8. The highest BCUT2D eigenvalue weighted by Gasteiger charge is 2.22. The Hall–Kier alpha value is -3.37. The number of fused-ring (bicyclic) bond motifs is 1. The molecule has 0 saturated heterocycles. The van der Waals surface area contributed by atoms with Crippen molar-refractivity contribution in [1.82, 2.24) is 14.7 Å². The first kappa shape index (κ1) is 20.9. The van der Waals surface area contributed by atoms with Crippen molar-refractivity contribution in [2.45, 2.75) is 18.4 Å². The molecule has 0 saturated carbocycles. The van der Waals surface area contributed by atoms with Crippen molar-refractivity contribution in [2.75, 3.05) is 11.8 Å². The lowest BCUT2D eigenvalue weighted by atomic mass is 10.2. The van der Waals surface area contributed by atoms with Gasteiger partial charge in [-0.3, -0.25) is 13.9 Å². The van der Waals surface area contributed by atoms with E-state index in [1.807, 2.05) is 29.1 Å². The fourth-order valence-corrected chi connectivity index (χ4v) is 4.97. The number of nitrogens with zero attached hydrogens (tertiary/aromatic N) is 2. The number of thiazole rings is 1. The fourth-order valence-electron chi connectivity index (χ4n) is 2.99. The number of nitrogens with one attached hydrogen (secondary N) is 2. The molecular weight excluding hydrogens is 436 g/mol. The molecule has 31 heavy (non-hydrogen) atoms. The van der Waals surface area contributed by atoms with E-state index in [0.29, 0.717) is 11.4 Å². The Balaban J connectivity index is 1.54. The summed E-state index contributed by atoms with van der Waals surface area (Å²) in [5.74, 6) is -0.267. The standard InChI is InChI=1S/C21H20N4O4S2/c1-14-3-6-16(7-4-14)24-31(27,28)19-11-15(5-8-18(19)29-2)20(26)22-12-17-13-25-9-10-30-21(25)23-17/h3-11,13,24H,12H2,1-2H3,(H,22,26). The number of sulfonamides is 1. The van der Waals surface area contributed by atoms with E-state index in [0.717, 1.165) is 10.5 Å². The van der Waals surface area contributed by atoms with Gasteiger partial charge in [0.2, 0.25) is 0 Å². The van der Waals surface area contributed by atoms with E-state index in [1.54, 1.807) is 24.3 Å². The molecule has 0 aliphatic rings. The Morgan fingerprint density at radius 3 is 2.68 bits per heavy atom. The van der Waals surface area contributed by atoms with Crippen LogP contribution in [0, 0.1) is 6.92 Å². The van der Waals surface area contributed by atoms with Gasteiger partial charge in [-0.25, -0.2) is 13.4 Å². The number of benzene rings is 2. The smallest absolute Gasteiger partial charge is 0.265 e. The molecule has 160 valence electrons. The summed E-state index contributed by atoms with van der Waals surface area (Å²) in [4.78, 5) is 17.8. The van der Waals surface area contributed by atoms with Crippen molar-refractivity contribution in [3.63, 3.8) is 0 Å². The topological polar surface area (TPSA) is 102 Å². The minimum Gasteiger partial charge on any atom is -0.495 e. The lowest BCUT2D eigenvalue weighted by Gasteiger charge is -2.13. The molecule has 0 bridgehead atoms. The number of hydrogen-bond acceptors (Lipinski definition) is 6. The Morgan fingerprint density at radius 2 is 1.97 bits per heavy atom. The second-order valence-electron chi connectivity index (χ2n) is 6.84. The van der Waals surface area contributed by atoms with Gasteiger partial charge in [0, 0.05) is 29.0 Å². The molecule has 0 spiro atoms. The number of aromatic nitrogens is 2. The Labute approximate surface area is 183 Å². The van der Waals surface area contributed by atoms with Crippen LogP contribution in [0.15, 0.2) is 65.1 Å². The van der Waals surface area contributed by atoms with Crippen LogP contribution in [0.2, 0.25) is 0 Å². The molecule has 8 nitrogen and oxygen atoms in total. The Morgan fingerprint density at radius 1 is 1.19 bits per heavy atom. The summed E-state index contributed by atoms with van der Waals surface area (Å²) in [5, 5.41) is 4.70. The number of anilines is 1. The van der Waals surface area contributed by atoms with Crippen molar-refractivity contribution in [3.05, 3.63) is 77.1 Å². The summed E-state index contributed by atoms with van der Waals surface area (Å²) < 4.78 is 35.5. The zero-order valence-corrected chi connectivity index (χ0v) is 18.5. The van der Waals surface area contributed by atoms with Crippen LogP contribution in [-0.2, 0) is 16.6 Å². The molecule has 0 radical (unpaired) electrons. The van der Waals surface area contributed by atoms with Gasteiger partial charge in [0.1, 0.15) is 10.6 Å². The number of aryl methyl sites for hydroxylation is 1. The van der Waals surface area contributed by atoms with Crippen LogP contribution in [0.4, 0.5) is 5.69 Å².